The van der Waals surface area contributed by atoms with Crippen LogP contribution in [0.15, 0.2) is 71.7 Å². The quantitative estimate of drug-likeness (QED) is 0.169. The number of carbonyl (C=O) groups is 3. The Morgan fingerprint density at radius 3 is 2.44 bits per heavy atom. The van der Waals surface area contributed by atoms with Crippen LogP contribution in [0.2, 0.25) is 0 Å². The van der Waals surface area contributed by atoms with Crippen LogP contribution in [-0.4, -0.2) is 72.9 Å². The zero-order chi connectivity index (χ0) is 30.9. The molecule has 0 aliphatic carbocycles. The van der Waals surface area contributed by atoms with E-state index in [2.05, 4.69) is 20.9 Å². The highest BCUT2D eigenvalue weighted by molar-refractivity contribution is 5.91. The van der Waals surface area contributed by atoms with Gasteiger partial charge in [-0.3, -0.25) is 19.7 Å². The Kier molecular flexibility index (Phi) is 10.7. The second kappa shape index (κ2) is 14.6. The van der Waals surface area contributed by atoms with Crippen molar-refractivity contribution in [2.45, 2.75) is 56.8 Å². The summed E-state index contributed by atoms with van der Waals surface area (Å²) in [5.41, 5.74) is 13.0. The molecule has 43 heavy (non-hydrogen) atoms. The number of nitrogens with zero attached hydrogens (tertiary/aromatic N) is 2. The lowest BCUT2D eigenvalue weighted by Gasteiger charge is -2.33. The first-order valence-electron chi connectivity index (χ1n) is 14.5. The molecule has 228 valence electrons. The van der Waals surface area contributed by atoms with Crippen LogP contribution in [0.1, 0.15) is 30.9 Å². The van der Waals surface area contributed by atoms with Crippen molar-refractivity contribution in [3.8, 4) is 0 Å². The molecule has 3 aromatic rings. The maximum absolute atomic E-state index is 14.2. The van der Waals surface area contributed by atoms with E-state index >= 15 is 0 Å². The summed E-state index contributed by atoms with van der Waals surface area (Å²) in [6.07, 6.45) is 1.36. The molecule has 0 aromatic heterocycles. The van der Waals surface area contributed by atoms with Gasteiger partial charge in [0.05, 0.1) is 12.5 Å². The van der Waals surface area contributed by atoms with Gasteiger partial charge >= 0.3 is 0 Å². The van der Waals surface area contributed by atoms with Gasteiger partial charge in [0.1, 0.15) is 17.9 Å². The summed E-state index contributed by atoms with van der Waals surface area (Å²) >= 11 is 0. The molecule has 0 saturated carbocycles. The lowest BCUT2D eigenvalue weighted by atomic mass is 9.98. The van der Waals surface area contributed by atoms with Gasteiger partial charge in [0.25, 0.3) is 0 Å². The zero-order valence-corrected chi connectivity index (χ0v) is 24.6. The number of fused-ring (bicyclic) bond motifs is 1. The average molecular weight is 590 g/mol. The Bertz CT molecular complexity index is 1460. The lowest BCUT2D eigenvalue weighted by Crippen LogP contribution is -2.58. The topological polar surface area (TPSA) is 155 Å². The van der Waals surface area contributed by atoms with Gasteiger partial charge in [0.2, 0.25) is 17.7 Å². The molecule has 1 aliphatic heterocycles. The fraction of sp³-hybridized carbons (Fsp3) is 0.375. The Hall–Kier alpha value is -4.51. The number of carbonyl (C=O) groups excluding carboxylic acids is 3. The van der Waals surface area contributed by atoms with Crippen LogP contribution in [0.4, 0.5) is 4.39 Å². The fourth-order valence-corrected chi connectivity index (χ4v) is 5.52. The van der Waals surface area contributed by atoms with Crippen molar-refractivity contribution < 1.29 is 18.8 Å². The molecule has 7 N–H and O–H groups in total. The molecule has 1 unspecified atom stereocenters. The van der Waals surface area contributed by atoms with Crippen LogP contribution < -0.4 is 27.4 Å². The molecular weight excluding hydrogens is 549 g/mol. The van der Waals surface area contributed by atoms with Crippen molar-refractivity contribution in [1.29, 1.82) is 0 Å². The monoisotopic (exact) mass is 589 g/mol. The smallest absolute Gasteiger partial charge is 0.242 e. The van der Waals surface area contributed by atoms with Crippen LogP contribution in [0.25, 0.3) is 10.8 Å². The number of likely N-dealkylation sites (N-methyl/N-ethyl adjacent to an activating group) is 1. The van der Waals surface area contributed by atoms with Crippen molar-refractivity contribution in [2.75, 3.05) is 20.1 Å². The summed E-state index contributed by atoms with van der Waals surface area (Å²) in [6.45, 7) is 2.40. The molecule has 4 atom stereocenters. The average Bonchev–Trinajstić information content (AvgIpc) is 3.16. The van der Waals surface area contributed by atoms with Crippen LogP contribution in [-0.2, 0) is 27.2 Å². The minimum atomic E-state index is -0.822. The lowest BCUT2D eigenvalue weighted by molar-refractivity contribution is -0.141. The zero-order valence-electron chi connectivity index (χ0n) is 24.6. The van der Waals surface area contributed by atoms with Gasteiger partial charge < -0.3 is 27.0 Å². The third-order valence-corrected chi connectivity index (χ3v) is 7.79. The van der Waals surface area contributed by atoms with E-state index in [1.54, 1.807) is 24.1 Å². The fourth-order valence-electron chi connectivity index (χ4n) is 5.52. The molecule has 1 heterocycles. The van der Waals surface area contributed by atoms with E-state index in [0.29, 0.717) is 24.8 Å². The highest BCUT2D eigenvalue weighted by Crippen LogP contribution is 2.22. The van der Waals surface area contributed by atoms with E-state index in [-0.39, 0.29) is 55.1 Å². The van der Waals surface area contributed by atoms with E-state index in [4.69, 9.17) is 11.5 Å². The van der Waals surface area contributed by atoms with Crippen molar-refractivity contribution >= 4 is 34.5 Å². The van der Waals surface area contributed by atoms with Crippen LogP contribution in [0.3, 0.4) is 0 Å². The van der Waals surface area contributed by atoms with Crippen LogP contribution in [0, 0.1) is 5.82 Å². The molecular formula is C32H40FN7O3. The maximum atomic E-state index is 14.2. The molecule has 1 saturated heterocycles. The van der Waals surface area contributed by atoms with Crippen LogP contribution in [0.5, 0.6) is 0 Å². The first kappa shape index (κ1) is 31.4. The number of hydrogen-bond acceptors (Lipinski definition) is 5. The molecule has 3 aromatic carbocycles. The molecule has 11 heteroatoms. The minimum Gasteiger partial charge on any atom is -0.370 e. The normalized spacial score (nSPS) is 18.4. The third kappa shape index (κ3) is 8.29. The summed E-state index contributed by atoms with van der Waals surface area (Å²) in [5.74, 6) is -1.30. The number of amides is 3. The maximum Gasteiger partial charge on any atom is 0.242 e. The van der Waals surface area contributed by atoms with Gasteiger partial charge in [-0.1, -0.05) is 61.5 Å². The number of nitrogens with two attached hydrogens (primary N) is 2. The predicted octanol–water partition coefficient (Wildman–Crippen LogP) is 1.61. The Morgan fingerprint density at radius 2 is 1.77 bits per heavy atom. The molecule has 1 fully saturated rings. The molecule has 10 nitrogen and oxygen atoms in total. The third-order valence-electron chi connectivity index (χ3n) is 7.79. The van der Waals surface area contributed by atoms with Gasteiger partial charge in [0.15, 0.2) is 5.96 Å². The van der Waals surface area contributed by atoms with E-state index in [0.717, 1.165) is 16.3 Å². The van der Waals surface area contributed by atoms with Gasteiger partial charge in [-0.05, 0) is 46.9 Å². The number of rotatable bonds is 11. The highest BCUT2D eigenvalue weighted by Gasteiger charge is 2.40. The van der Waals surface area contributed by atoms with E-state index in [1.165, 1.54) is 12.1 Å². The number of aliphatic imine (C=N–C) groups is 1. The van der Waals surface area contributed by atoms with Gasteiger partial charge in [-0.2, -0.15) is 0 Å². The molecule has 0 radical (unpaired) electrons. The van der Waals surface area contributed by atoms with E-state index in [1.807, 2.05) is 49.4 Å². The Balaban J connectivity index is 1.56. The van der Waals surface area contributed by atoms with Crippen molar-refractivity contribution in [3.63, 3.8) is 0 Å². The second-order valence-electron chi connectivity index (χ2n) is 10.8. The summed E-state index contributed by atoms with van der Waals surface area (Å²) in [4.78, 5) is 46.1. The molecule has 1 aliphatic rings. The Morgan fingerprint density at radius 1 is 1.07 bits per heavy atom. The van der Waals surface area contributed by atoms with Crippen LogP contribution >= 0.6 is 0 Å². The molecule has 3 amide bonds. The summed E-state index contributed by atoms with van der Waals surface area (Å²) < 4.78 is 13.3. The first-order chi connectivity index (χ1) is 20.7. The highest BCUT2D eigenvalue weighted by atomic mass is 19.1. The minimum absolute atomic E-state index is 0.0948. The predicted molar refractivity (Wildman–Crippen MR) is 166 cm³/mol. The van der Waals surface area contributed by atoms with Crippen molar-refractivity contribution in [2.24, 2.45) is 16.5 Å². The van der Waals surface area contributed by atoms with Gasteiger partial charge in [0, 0.05) is 32.6 Å². The second-order valence-corrected chi connectivity index (χ2v) is 10.8. The number of benzene rings is 3. The first-order valence-corrected chi connectivity index (χ1v) is 14.5. The van der Waals surface area contributed by atoms with Crippen molar-refractivity contribution in [3.05, 3.63) is 83.7 Å². The number of halogens is 1. The summed E-state index contributed by atoms with van der Waals surface area (Å²) in [5, 5.41) is 11.2. The Labute approximate surface area is 251 Å². The SMILES string of the molecule is CCC(N=C(N)N)[C@@H]1N[C@H](CNC(=O)Cc2ccc(F)cc2)CCN([C@@H](Cc2ccc3ccccc3c2)C(=O)NC)C1=O. The van der Waals surface area contributed by atoms with E-state index < -0.39 is 18.1 Å². The van der Waals surface area contributed by atoms with Gasteiger partial charge in [-0.25, -0.2) is 9.38 Å². The summed E-state index contributed by atoms with van der Waals surface area (Å²) in [6, 6.07) is 17.3. The molecule has 4 rings (SSSR count). The standard InChI is InChI=1S/C32H40FN7O3/c1-3-26(39-32(34)35)29-31(43)40(15-14-25(38-29)19-37-28(41)18-20-9-12-24(33)13-10-20)27(30(42)36-2)17-21-8-11-22-6-4-5-7-23(22)16-21/h4-13,16,25-27,29,38H,3,14-15,17-19H2,1-2H3,(H,36,42)(H,37,41)(H4,34,35,39)/t25-,26?,27-,29-/m0/s1. The number of guanidine groups is 1. The molecule has 0 bridgehead atoms. The van der Waals surface area contributed by atoms with Gasteiger partial charge in [-0.15, -0.1) is 0 Å². The number of nitrogens with one attached hydrogen (secondary N) is 3. The number of hydrogen-bond donors (Lipinski definition) is 5. The van der Waals surface area contributed by atoms with E-state index in [9.17, 15) is 18.8 Å². The summed E-state index contributed by atoms with van der Waals surface area (Å²) in [7, 11) is 1.56. The van der Waals surface area contributed by atoms with Crippen molar-refractivity contribution in [1.82, 2.24) is 20.9 Å². The largest absolute Gasteiger partial charge is 0.370 e. The molecule has 0 spiro atoms.